The summed E-state index contributed by atoms with van der Waals surface area (Å²) in [6.45, 7) is 0. The number of hydrazone groups is 1. The van der Waals surface area contributed by atoms with E-state index in [9.17, 15) is 4.79 Å². The maximum atomic E-state index is 12.3. The predicted molar refractivity (Wildman–Crippen MR) is 110 cm³/mol. The fraction of sp³-hybridized carbons (Fsp3) is 0.263. The summed E-state index contributed by atoms with van der Waals surface area (Å²) in [5.41, 5.74) is 11.5. The molecule has 27 heavy (non-hydrogen) atoms. The van der Waals surface area contributed by atoms with Crippen LogP contribution in [0.15, 0.2) is 47.6 Å². The van der Waals surface area contributed by atoms with Gasteiger partial charge in [-0.15, -0.1) is 0 Å². The first kappa shape index (κ1) is 19.6. The number of rotatable bonds is 5. The number of nitrogens with zero attached hydrogens (tertiary/aromatic N) is 2. The van der Waals surface area contributed by atoms with Crippen molar-refractivity contribution >= 4 is 41.0 Å². The van der Waals surface area contributed by atoms with Crippen LogP contribution in [0.3, 0.4) is 0 Å². The molecule has 1 heterocycles. The summed E-state index contributed by atoms with van der Waals surface area (Å²) in [6, 6.07) is 12.6. The van der Waals surface area contributed by atoms with Gasteiger partial charge in [-0.05, 0) is 47.9 Å². The van der Waals surface area contributed by atoms with Crippen molar-refractivity contribution in [1.82, 2.24) is 16.3 Å². The molecule has 3 N–H and O–H groups in total. The molecule has 2 atom stereocenters. The normalized spacial score (nSPS) is 19.4. The van der Waals surface area contributed by atoms with Crippen LogP contribution in [0.4, 0.5) is 5.69 Å². The van der Waals surface area contributed by atoms with Gasteiger partial charge in [0, 0.05) is 35.9 Å². The Labute approximate surface area is 168 Å². The minimum absolute atomic E-state index is 0.102. The van der Waals surface area contributed by atoms with Gasteiger partial charge in [-0.1, -0.05) is 35.3 Å². The van der Waals surface area contributed by atoms with Gasteiger partial charge < -0.3 is 4.90 Å². The summed E-state index contributed by atoms with van der Waals surface area (Å²) in [6.07, 6.45) is 2.16. The summed E-state index contributed by atoms with van der Waals surface area (Å²) in [4.78, 5) is 14.3. The van der Waals surface area contributed by atoms with Crippen LogP contribution < -0.4 is 21.2 Å². The molecule has 0 aromatic heterocycles. The maximum Gasteiger partial charge on any atom is 0.258 e. The van der Waals surface area contributed by atoms with Gasteiger partial charge >= 0.3 is 0 Å². The third-order valence-corrected chi connectivity index (χ3v) is 4.93. The van der Waals surface area contributed by atoms with E-state index in [1.165, 1.54) is 0 Å². The van der Waals surface area contributed by atoms with Gasteiger partial charge in [-0.3, -0.25) is 4.79 Å². The molecular formula is C19H21Cl2N5O. The van der Waals surface area contributed by atoms with Gasteiger partial charge in [0.15, 0.2) is 0 Å². The molecule has 1 fully saturated rings. The highest BCUT2D eigenvalue weighted by Crippen LogP contribution is 2.30. The lowest BCUT2D eigenvalue weighted by atomic mass is 10.0. The van der Waals surface area contributed by atoms with Crippen molar-refractivity contribution in [3.8, 4) is 0 Å². The lowest BCUT2D eigenvalue weighted by Gasteiger charge is -2.12. The van der Waals surface area contributed by atoms with E-state index in [-0.39, 0.29) is 11.9 Å². The highest BCUT2D eigenvalue weighted by Gasteiger charge is 2.31. The van der Waals surface area contributed by atoms with Gasteiger partial charge in [0.1, 0.15) is 6.04 Å². The molecule has 2 unspecified atom stereocenters. The van der Waals surface area contributed by atoms with Crippen LogP contribution in [0.1, 0.15) is 23.6 Å². The molecule has 142 valence electrons. The van der Waals surface area contributed by atoms with Crippen molar-refractivity contribution in [2.45, 2.75) is 18.5 Å². The number of carbonyl (C=O) groups is 1. The minimum Gasteiger partial charge on any atom is -0.378 e. The van der Waals surface area contributed by atoms with Gasteiger partial charge in [0.2, 0.25) is 0 Å². The van der Waals surface area contributed by atoms with E-state index in [0.717, 1.165) is 16.8 Å². The number of anilines is 1. The Hall–Kier alpha value is -2.12. The molecule has 1 saturated heterocycles. The first-order valence-corrected chi connectivity index (χ1v) is 9.26. The second-order valence-electron chi connectivity index (χ2n) is 6.52. The zero-order valence-electron chi connectivity index (χ0n) is 15.0. The Balaban J connectivity index is 1.55. The van der Waals surface area contributed by atoms with Crippen molar-refractivity contribution in [2.75, 3.05) is 19.0 Å². The van der Waals surface area contributed by atoms with Gasteiger partial charge in [-0.2, -0.15) is 5.10 Å². The fourth-order valence-corrected chi connectivity index (χ4v) is 3.25. The molecule has 0 saturated carbocycles. The molecule has 1 aliphatic rings. The zero-order chi connectivity index (χ0) is 19.4. The topological polar surface area (TPSA) is 68.8 Å². The van der Waals surface area contributed by atoms with Crippen LogP contribution >= 0.6 is 23.2 Å². The zero-order valence-corrected chi connectivity index (χ0v) is 16.6. The van der Waals surface area contributed by atoms with Crippen molar-refractivity contribution in [3.63, 3.8) is 0 Å². The number of hydrogen-bond acceptors (Lipinski definition) is 5. The summed E-state index contributed by atoms with van der Waals surface area (Å²) >= 11 is 12.3. The SMILES string of the molecule is CN(C)c1ccc(/C=N/NC(=O)C2CC(c3cc(Cl)ccc3Cl)NN2)cc1. The van der Waals surface area contributed by atoms with E-state index < -0.39 is 6.04 Å². The molecule has 2 aromatic carbocycles. The standard InChI is InChI=1S/C19H21Cl2N5O/c1-26(2)14-6-3-12(4-7-14)11-22-25-19(27)18-10-17(23-24-18)15-9-13(20)5-8-16(15)21/h3-9,11,17-18,23-24H,10H2,1-2H3,(H,25,27)/b22-11+. The van der Waals surface area contributed by atoms with Crippen molar-refractivity contribution in [2.24, 2.45) is 5.10 Å². The first-order valence-electron chi connectivity index (χ1n) is 8.50. The Morgan fingerprint density at radius 1 is 1.19 bits per heavy atom. The summed E-state index contributed by atoms with van der Waals surface area (Å²) in [5.74, 6) is -0.218. The number of hydrazine groups is 1. The summed E-state index contributed by atoms with van der Waals surface area (Å²) in [7, 11) is 3.96. The number of carbonyl (C=O) groups excluding carboxylic acids is 1. The van der Waals surface area contributed by atoms with E-state index >= 15 is 0 Å². The van der Waals surface area contributed by atoms with Crippen LogP contribution in [-0.4, -0.2) is 32.3 Å². The second-order valence-corrected chi connectivity index (χ2v) is 7.36. The van der Waals surface area contributed by atoms with E-state index in [1.54, 1.807) is 24.4 Å². The van der Waals surface area contributed by atoms with Crippen LogP contribution in [0.5, 0.6) is 0 Å². The molecule has 0 bridgehead atoms. The number of halogens is 2. The third-order valence-electron chi connectivity index (χ3n) is 4.35. The Kier molecular flexibility index (Phi) is 6.34. The summed E-state index contributed by atoms with van der Waals surface area (Å²) < 4.78 is 0. The molecule has 6 nitrogen and oxygen atoms in total. The van der Waals surface area contributed by atoms with E-state index in [2.05, 4.69) is 21.4 Å². The van der Waals surface area contributed by atoms with Crippen LogP contribution in [-0.2, 0) is 4.79 Å². The van der Waals surface area contributed by atoms with Crippen molar-refractivity contribution in [1.29, 1.82) is 0 Å². The Morgan fingerprint density at radius 2 is 1.93 bits per heavy atom. The number of amides is 1. The Morgan fingerprint density at radius 3 is 2.63 bits per heavy atom. The fourth-order valence-electron chi connectivity index (χ4n) is 2.82. The molecule has 2 aromatic rings. The highest BCUT2D eigenvalue weighted by atomic mass is 35.5. The smallest absolute Gasteiger partial charge is 0.258 e. The maximum absolute atomic E-state index is 12.3. The molecule has 0 aliphatic carbocycles. The van der Waals surface area contributed by atoms with Crippen LogP contribution in [0.2, 0.25) is 10.0 Å². The van der Waals surface area contributed by atoms with E-state index in [1.807, 2.05) is 43.3 Å². The molecule has 0 radical (unpaired) electrons. The average molecular weight is 406 g/mol. The van der Waals surface area contributed by atoms with E-state index in [0.29, 0.717) is 16.5 Å². The summed E-state index contributed by atoms with van der Waals surface area (Å²) in [5, 5.41) is 5.25. The lowest BCUT2D eigenvalue weighted by Crippen LogP contribution is -2.41. The van der Waals surface area contributed by atoms with Gasteiger partial charge in [0.05, 0.1) is 6.21 Å². The molecule has 1 aliphatic heterocycles. The first-order chi connectivity index (χ1) is 12.9. The Bertz CT molecular complexity index is 838. The molecule has 1 amide bonds. The van der Waals surface area contributed by atoms with E-state index in [4.69, 9.17) is 23.2 Å². The lowest BCUT2D eigenvalue weighted by molar-refractivity contribution is -0.122. The predicted octanol–water partition coefficient (Wildman–Crippen LogP) is 3.12. The van der Waals surface area contributed by atoms with Crippen molar-refractivity contribution in [3.05, 3.63) is 63.6 Å². The molecule has 8 heteroatoms. The highest BCUT2D eigenvalue weighted by molar-refractivity contribution is 6.33. The largest absolute Gasteiger partial charge is 0.378 e. The number of nitrogens with one attached hydrogen (secondary N) is 3. The quantitative estimate of drug-likeness (QED) is 0.527. The van der Waals surface area contributed by atoms with Crippen molar-refractivity contribution < 1.29 is 4.79 Å². The monoisotopic (exact) mass is 405 g/mol. The van der Waals surface area contributed by atoms with Gasteiger partial charge in [0.25, 0.3) is 5.91 Å². The number of benzene rings is 2. The van der Waals surface area contributed by atoms with Gasteiger partial charge in [-0.25, -0.2) is 16.3 Å². The van der Waals surface area contributed by atoms with Crippen LogP contribution in [0.25, 0.3) is 0 Å². The minimum atomic E-state index is -0.418. The average Bonchev–Trinajstić information content (AvgIpc) is 3.14. The molecule has 0 spiro atoms. The number of hydrogen-bond donors (Lipinski definition) is 3. The molecule has 3 rings (SSSR count). The third kappa shape index (κ3) is 4.99. The van der Waals surface area contributed by atoms with Crippen LogP contribution in [0, 0.1) is 0 Å². The second kappa shape index (κ2) is 8.71. The molecular weight excluding hydrogens is 385 g/mol.